The standard InChI is InChI=1S/C16H26N2O2/c1-12(2)8-10-18(11-9-13(3)4)15-7-5-6-14(17-15)16(19)20/h5-7,12-13H,8-11H2,1-4H3,(H,19,20). The smallest absolute Gasteiger partial charge is 0.354 e. The molecule has 4 heteroatoms. The van der Waals surface area contributed by atoms with Gasteiger partial charge in [-0.25, -0.2) is 9.78 Å². The van der Waals surface area contributed by atoms with Crippen LogP contribution in [0.5, 0.6) is 0 Å². The van der Waals surface area contributed by atoms with E-state index in [1.54, 1.807) is 6.07 Å². The number of carboxylic acids is 1. The Labute approximate surface area is 121 Å². The van der Waals surface area contributed by atoms with Crippen molar-refractivity contribution in [2.45, 2.75) is 40.5 Å². The summed E-state index contributed by atoms with van der Waals surface area (Å²) < 4.78 is 0. The number of rotatable bonds is 8. The number of aromatic nitrogens is 1. The van der Waals surface area contributed by atoms with Crippen molar-refractivity contribution in [3.63, 3.8) is 0 Å². The first-order chi connectivity index (χ1) is 9.40. The van der Waals surface area contributed by atoms with Crippen molar-refractivity contribution in [1.82, 2.24) is 4.98 Å². The molecule has 0 amide bonds. The van der Waals surface area contributed by atoms with Crippen molar-refractivity contribution in [3.8, 4) is 0 Å². The molecule has 1 N–H and O–H groups in total. The maximum Gasteiger partial charge on any atom is 0.354 e. The Morgan fingerprint density at radius 1 is 1.15 bits per heavy atom. The van der Waals surface area contributed by atoms with Gasteiger partial charge < -0.3 is 10.0 Å². The van der Waals surface area contributed by atoms with Gasteiger partial charge >= 0.3 is 5.97 Å². The van der Waals surface area contributed by atoms with Crippen LogP contribution in [0.15, 0.2) is 18.2 Å². The first-order valence-corrected chi connectivity index (χ1v) is 7.35. The fourth-order valence-corrected chi connectivity index (χ4v) is 1.89. The van der Waals surface area contributed by atoms with E-state index in [1.165, 1.54) is 6.07 Å². The second kappa shape index (κ2) is 7.88. The van der Waals surface area contributed by atoms with Gasteiger partial charge in [0, 0.05) is 13.1 Å². The van der Waals surface area contributed by atoms with Crippen LogP contribution in [0.4, 0.5) is 5.82 Å². The summed E-state index contributed by atoms with van der Waals surface area (Å²) >= 11 is 0. The highest BCUT2D eigenvalue weighted by Crippen LogP contribution is 2.16. The van der Waals surface area contributed by atoms with E-state index in [0.717, 1.165) is 31.7 Å². The number of hydrogen-bond donors (Lipinski definition) is 1. The molecule has 0 unspecified atom stereocenters. The number of hydrogen-bond acceptors (Lipinski definition) is 3. The lowest BCUT2D eigenvalue weighted by Crippen LogP contribution is -2.28. The van der Waals surface area contributed by atoms with E-state index in [2.05, 4.69) is 37.6 Å². The van der Waals surface area contributed by atoms with Crippen LogP contribution in [-0.2, 0) is 0 Å². The van der Waals surface area contributed by atoms with Gasteiger partial charge in [-0.3, -0.25) is 0 Å². The average Bonchev–Trinajstić information content (AvgIpc) is 2.38. The minimum Gasteiger partial charge on any atom is -0.477 e. The maximum absolute atomic E-state index is 11.0. The van der Waals surface area contributed by atoms with Crippen LogP contribution in [0.3, 0.4) is 0 Å². The first-order valence-electron chi connectivity index (χ1n) is 7.35. The van der Waals surface area contributed by atoms with Gasteiger partial charge in [-0.15, -0.1) is 0 Å². The first kappa shape index (κ1) is 16.5. The molecule has 0 saturated heterocycles. The molecule has 0 aromatic carbocycles. The summed E-state index contributed by atoms with van der Waals surface area (Å²) in [6.07, 6.45) is 2.16. The third-order valence-corrected chi connectivity index (χ3v) is 3.23. The van der Waals surface area contributed by atoms with Gasteiger partial charge in [0.15, 0.2) is 5.69 Å². The zero-order chi connectivity index (χ0) is 15.1. The largest absolute Gasteiger partial charge is 0.477 e. The van der Waals surface area contributed by atoms with Gasteiger partial charge in [0.2, 0.25) is 0 Å². The maximum atomic E-state index is 11.0. The molecule has 0 radical (unpaired) electrons. The number of carbonyl (C=O) groups is 1. The summed E-state index contributed by atoms with van der Waals surface area (Å²) in [5.74, 6) is 1.05. The fourth-order valence-electron chi connectivity index (χ4n) is 1.89. The summed E-state index contributed by atoms with van der Waals surface area (Å²) in [7, 11) is 0. The topological polar surface area (TPSA) is 53.4 Å². The summed E-state index contributed by atoms with van der Waals surface area (Å²) in [6, 6.07) is 5.20. The summed E-state index contributed by atoms with van der Waals surface area (Å²) in [4.78, 5) is 17.5. The van der Waals surface area contributed by atoms with Crippen LogP contribution in [0, 0.1) is 11.8 Å². The third kappa shape index (κ3) is 5.59. The molecule has 0 atom stereocenters. The number of pyridine rings is 1. The Balaban J connectivity index is 2.84. The Morgan fingerprint density at radius 3 is 2.15 bits per heavy atom. The van der Waals surface area contributed by atoms with Crippen LogP contribution in [0.1, 0.15) is 51.0 Å². The lowest BCUT2D eigenvalue weighted by molar-refractivity contribution is 0.0690. The van der Waals surface area contributed by atoms with Crippen molar-refractivity contribution in [2.75, 3.05) is 18.0 Å². The number of aromatic carboxylic acids is 1. The Bertz CT molecular complexity index is 418. The number of carboxylic acid groups (broad SMARTS) is 1. The molecular formula is C16H26N2O2. The van der Waals surface area contributed by atoms with Gasteiger partial charge in [0.25, 0.3) is 0 Å². The zero-order valence-corrected chi connectivity index (χ0v) is 13.0. The van der Waals surface area contributed by atoms with Gasteiger partial charge in [-0.05, 0) is 36.8 Å². The Morgan fingerprint density at radius 2 is 1.70 bits per heavy atom. The van der Waals surface area contributed by atoms with Gasteiger partial charge in [0.05, 0.1) is 0 Å². The van der Waals surface area contributed by atoms with Crippen molar-refractivity contribution in [3.05, 3.63) is 23.9 Å². The molecule has 1 heterocycles. The molecule has 20 heavy (non-hydrogen) atoms. The second-order valence-electron chi connectivity index (χ2n) is 6.04. The van der Waals surface area contributed by atoms with E-state index < -0.39 is 5.97 Å². The van der Waals surface area contributed by atoms with E-state index in [4.69, 9.17) is 5.11 Å². The second-order valence-corrected chi connectivity index (χ2v) is 6.04. The molecule has 0 bridgehead atoms. The third-order valence-electron chi connectivity index (χ3n) is 3.23. The Hall–Kier alpha value is -1.58. The van der Waals surface area contributed by atoms with Crippen LogP contribution in [0.25, 0.3) is 0 Å². The van der Waals surface area contributed by atoms with Crippen LogP contribution in [0.2, 0.25) is 0 Å². The monoisotopic (exact) mass is 278 g/mol. The molecule has 1 rings (SSSR count). The summed E-state index contributed by atoms with van der Waals surface area (Å²) in [5.41, 5.74) is 0.113. The lowest BCUT2D eigenvalue weighted by Gasteiger charge is -2.25. The average molecular weight is 278 g/mol. The molecule has 4 nitrogen and oxygen atoms in total. The van der Waals surface area contributed by atoms with E-state index in [-0.39, 0.29) is 5.69 Å². The van der Waals surface area contributed by atoms with E-state index in [0.29, 0.717) is 11.8 Å². The predicted octanol–water partition coefficient (Wildman–Crippen LogP) is 3.68. The van der Waals surface area contributed by atoms with Gasteiger partial charge in [0.1, 0.15) is 5.82 Å². The molecule has 0 fully saturated rings. The quantitative estimate of drug-likeness (QED) is 0.788. The minimum atomic E-state index is -0.973. The van der Waals surface area contributed by atoms with Gasteiger partial charge in [-0.1, -0.05) is 33.8 Å². The highest BCUT2D eigenvalue weighted by atomic mass is 16.4. The molecule has 0 aliphatic carbocycles. The van der Waals surface area contributed by atoms with Crippen LogP contribution >= 0.6 is 0 Å². The van der Waals surface area contributed by atoms with E-state index in [1.807, 2.05) is 6.07 Å². The molecule has 0 aliphatic rings. The van der Waals surface area contributed by atoms with E-state index >= 15 is 0 Å². The highest BCUT2D eigenvalue weighted by Gasteiger charge is 2.12. The molecule has 1 aromatic rings. The molecule has 0 saturated carbocycles. The SMILES string of the molecule is CC(C)CCN(CCC(C)C)c1cccc(C(=O)O)n1. The van der Waals surface area contributed by atoms with Gasteiger partial charge in [-0.2, -0.15) is 0 Å². The fraction of sp³-hybridized carbons (Fsp3) is 0.625. The number of nitrogens with zero attached hydrogens (tertiary/aromatic N) is 2. The predicted molar refractivity (Wildman–Crippen MR) is 82.3 cm³/mol. The minimum absolute atomic E-state index is 0.113. The van der Waals surface area contributed by atoms with Crippen LogP contribution in [-0.4, -0.2) is 29.1 Å². The van der Waals surface area contributed by atoms with Crippen molar-refractivity contribution >= 4 is 11.8 Å². The Kier molecular flexibility index (Phi) is 6.49. The van der Waals surface area contributed by atoms with Crippen molar-refractivity contribution < 1.29 is 9.90 Å². The summed E-state index contributed by atoms with van der Waals surface area (Å²) in [6.45, 7) is 10.6. The molecular weight excluding hydrogens is 252 g/mol. The molecule has 112 valence electrons. The van der Waals surface area contributed by atoms with Crippen LogP contribution < -0.4 is 4.90 Å². The molecule has 0 aliphatic heterocycles. The van der Waals surface area contributed by atoms with Crippen molar-refractivity contribution in [2.24, 2.45) is 11.8 Å². The zero-order valence-electron chi connectivity index (χ0n) is 13.0. The lowest BCUT2D eigenvalue weighted by atomic mass is 10.1. The highest BCUT2D eigenvalue weighted by molar-refractivity contribution is 5.85. The number of anilines is 1. The van der Waals surface area contributed by atoms with Crippen molar-refractivity contribution in [1.29, 1.82) is 0 Å². The normalized spacial score (nSPS) is 11.1. The summed E-state index contributed by atoms with van der Waals surface area (Å²) in [5, 5.41) is 9.05. The molecule has 1 aromatic heterocycles. The molecule has 0 spiro atoms. The van der Waals surface area contributed by atoms with E-state index in [9.17, 15) is 4.79 Å².